The van der Waals surface area contributed by atoms with E-state index in [0.717, 1.165) is 32.5 Å². The lowest BCUT2D eigenvalue weighted by molar-refractivity contribution is 0.0445. The van der Waals surface area contributed by atoms with Gasteiger partial charge in [0.15, 0.2) is 0 Å². The zero-order valence-corrected chi connectivity index (χ0v) is 11.5. The summed E-state index contributed by atoms with van der Waals surface area (Å²) in [4.78, 5) is 13.1. The molecule has 1 saturated heterocycles. The van der Waals surface area contributed by atoms with Crippen molar-refractivity contribution in [3.05, 3.63) is 23.7 Å². The van der Waals surface area contributed by atoms with Crippen LogP contribution in [0, 0.1) is 0 Å². The maximum absolute atomic E-state index is 10.8. The predicted octanol–water partition coefficient (Wildman–Crippen LogP) is 2.54. The van der Waals surface area contributed by atoms with Crippen molar-refractivity contribution in [1.82, 2.24) is 4.90 Å². The lowest BCUT2D eigenvalue weighted by Crippen LogP contribution is -2.33. The first kappa shape index (κ1) is 14.1. The third kappa shape index (κ3) is 3.36. The van der Waals surface area contributed by atoms with Gasteiger partial charge < -0.3 is 14.3 Å². The van der Waals surface area contributed by atoms with Crippen molar-refractivity contribution in [2.45, 2.75) is 38.8 Å². The van der Waals surface area contributed by atoms with Crippen molar-refractivity contribution in [2.24, 2.45) is 0 Å². The Hall–Kier alpha value is -1.33. The van der Waals surface area contributed by atoms with Crippen LogP contribution in [-0.4, -0.2) is 41.8 Å². The molecule has 5 nitrogen and oxygen atoms in total. The van der Waals surface area contributed by atoms with Gasteiger partial charge in [0.05, 0.1) is 12.1 Å². The fourth-order valence-electron chi connectivity index (χ4n) is 2.39. The number of carboxylic acid groups (broad SMARTS) is 1. The number of furan rings is 1. The molecule has 0 saturated carbocycles. The molecule has 0 bridgehead atoms. The van der Waals surface area contributed by atoms with Gasteiger partial charge in [-0.2, -0.15) is 0 Å². The van der Waals surface area contributed by atoms with Gasteiger partial charge in [-0.25, -0.2) is 4.79 Å². The Morgan fingerprint density at radius 1 is 1.58 bits per heavy atom. The minimum absolute atomic E-state index is 0.0000338. The van der Waals surface area contributed by atoms with E-state index < -0.39 is 5.97 Å². The Bertz CT molecular complexity index is 429. The molecular formula is C14H21NO4. The third-order valence-electron chi connectivity index (χ3n) is 3.63. The molecule has 1 aliphatic heterocycles. The summed E-state index contributed by atoms with van der Waals surface area (Å²) in [7, 11) is 0. The average molecular weight is 267 g/mol. The zero-order valence-electron chi connectivity index (χ0n) is 11.5. The molecule has 2 heterocycles. The topological polar surface area (TPSA) is 62.9 Å². The van der Waals surface area contributed by atoms with Crippen molar-refractivity contribution in [3.63, 3.8) is 0 Å². The maximum Gasteiger partial charge on any atom is 0.371 e. The lowest BCUT2D eigenvalue weighted by atomic mass is 10.2. The van der Waals surface area contributed by atoms with E-state index in [9.17, 15) is 4.79 Å². The van der Waals surface area contributed by atoms with Crippen LogP contribution in [0.1, 0.15) is 49.0 Å². The molecule has 2 unspecified atom stereocenters. The van der Waals surface area contributed by atoms with Crippen LogP contribution in [0.2, 0.25) is 0 Å². The molecule has 0 amide bonds. The maximum atomic E-state index is 10.8. The number of nitrogens with zero attached hydrogens (tertiary/aromatic N) is 1. The summed E-state index contributed by atoms with van der Waals surface area (Å²) in [5.41, 5.74) is 0. The van der Waals surface area contributed by atoms with Gasteiger partial charge in [0.1, 0.15) is 5.76 Å². The number of hydrogen-bond donors (Lipinski definition) is 1. The highest BCUT2D eigenvalue weighted by atomic mass is 16.5. The summed E-state index contributed by atoms with van der Waals surface area (Å²) in [5.74, 6) is -0.321. The Kier molecular flexibility index (Phi) is 4.61. The highest BCUT2D eigenvalue weighted by molar-refractivity contribution is 5.84. The molecular weight excluding hydrogens is 246 g/mol. The summed E-state index contributed by atoms with van der Waals surface area (Å²) in [5, 5.41) is 8.89. The number of carbonyl (C=O) groups is 1. The summed E-state index contributed by atoms with van der Waals surface area (Å²) >= 11 is 0. The second-order valence-corrected chi connectivity index (χ2v) is 4.93. The van der Waals surface area contributed by atoms with Gasteiger partial charge in [-0.3, -0.25) is 4.90 Å². The van der Waals surface area contributed by atoms with E-state index in [4.69, 9.17) is 14.3 Å². The van der Waals surface area contributed by atoms with E-state index in [1.165, 1.54) is 6.07 Å². The normalized spacial score (nSPS) is 22.9. The number of aromatic carboxylic acids is 1. The molecule has 19 heavy (non-hydrogen) atoms. The van der Waals surface area contributed by atoms with Crippen molar-refractivity contribution in [2.75, 3.05) is 19.7 Å². The molecule has 2 atom stereocenters. The Morgan fingerprint density at radius 3 is 3.00 bits per heavy atom. The highest BCUT2D eigenvalue weighted by Gasteiger charge is 2.24. The fourth-order valence-corrected chi connectivity index (χ4v) is 2.39. The Balaban J connectivity index is 2.08. The quantitative estimate of drug-likeness (QED) is 0.908. The Morgan fingerprint density at radius 2 is 2.37 bits per heavy atom. The minimum Gasteiger partial charge on any atom is -0.475 e. The molecule has 2 rings (SSSR count). The smallest absolute Gasteiger partial charge is 0.371 e. The summed E-state index contributed by atoms with van der Waals surface area (Å²) in [6, 6.07) is 3.34. The van der Waals surface area contributed by atoms with Gasteiger partial charge in [-0.1, -0.05) is 6.92 Å². The standard InChI is InChI=1S/C14H21NO4/c1-3-11-9-15(7-4-8-18-11)10(2)12-5-6-13(19-12)14(16)17/h5-6,10-11H,3-4,7-9H2,1-2H3,(H,16,17). The van der Waals surface area contributed by atoms with Gasteiger partial charge in [0, 0.05) is 19.7 Å². The van der Waals surface area contributed by atoms with E-state index >= 15 is 0 Å². The monoisotopic (exact) mass is 267 g/mol. The molecule has 0 aromatic carbocycles. The predicted molar refractivity (Wildman–Crippen MR) is 70.3 cm³/mol. The molecule has 1 aliphatic rings. The van der Waals surface area contributed by atoms with Gasteiger partial charge in [0.2, 0.25) is 5.76 Å². The van der Waals surface area contributed by atoms with Crippen LogP contribution < -0.4 is 0 Å². The first-order valence-electron chi connectivity index (χ1n) is 6.80. The zero-order chi connectivity index (χ0) is 13.8. The molecule has 1 N–H and O–H groups in total. The molecule has 0 radical (unpaired) electrons. The third-order valence-corrected chi connectivity index (χ3v) is 3.63. The molecule has 1 aromatic heterocycles. The average Bonchev–Trinajstić information content (AvgIpc) is 2.77. The molecule has 106 valence electrons. The van der Waals surface area contributed by atoms with Crippen LogP contribution in [0.3, 0.4) is 0 Å². The summed E-state index contributed by atoms with van der Waals surface area (Å²) in [6.07, 6.45) is 2.23. The molecule has 0 spiro atoms. The second-order valence-electron chi connectivity index (χ2n) is 4.93. The number of hydrogen-bond acceptors (Lipinski definition) is 4. The van der Waals surface area contributed by atoms with Gasteiger partial charge >= 0.3 is 5.97 Å². The van der Waals surface area contributed by atoms with E-state index in [1.54, 1.807) is 6.07 Å². The van der Waals surface area contributed by atoms with E-state index in [-0.39, 0.29) is 17.9 Å². The van der Waals surface area contributed by atoms with Crippen molar-refractivity contribution >= 4 is 5.97 Å². The fraction of sp³-hybridized carbons (Fsp3) is 0.643. The first-order valence-corrected chi connectivity index (χ1v) is 6.80. The van der Waals surface area contributed by atoms with Gasteiger partial charge in [-0.15, -0.1) is 0 Å². The van der Waals surface area contributed by atoms with Gasteiger partial charge in [0.25, 0.3) is 0 Å². The van der Waals surface area contributed by atoms with Crippen molar-refractivity contribution in [3.8, 4) is 0 Å². The SMILES string of the molecule is CCC1CN(C(C)c2ccc(C(=O)O)o2)CCCO1. The number of carboxylic acids is 1. The van der Waals surface area contributed by atoms with Gasteiger partial charge in [-0.05, 0) is 31.9 Å². The van der Waals surface area contributed by atoms with Crippen molar-refractivity contribution < 1.29 is 19.1 Å². The molecule has 0 aliphatic carbocycles. The lowest BCUT2D eigenvalue weighted by Gasteiger charge is -2.28. The summed E-state index contributed by atoms with van der Waals surface area (Å²) in [6.45, 7) is 6.76. The largest absolute Gasteiger partial charge is 0.475 e. The van der Waals surface area contributed by atoms with Crippen LogP contribution in [0.5, 0.6) is 0 Å². The highest BCUT2D eigenvalue weighted by Crippen LogP contribution is 2.25. The molecule has 1 aromatic rings. The molecule has 5 heteroatoms. The minimum atomic E-state index is -1.02. The van der Waals surface area contributed by atoms with Crippen LogP contribution in [0.15, 0.2) is 16.5 Å². The van der Waals surface area contributed by atoms with Crippen LogP contribution >= 0.6 is 0 Å². The number of rotatable bonds is 4. The van der Waals surface area contributed by atoms with E-state index in [2.05, 4.69) is 11.8 Å². The molecule has 1 fully saturated rings. The second kappa shape index (κ2) is 6.21. The van der Waals surface area contributed by atoms with E-state index in [1.807, 2.05) is 6.92 Å². The number of ether oxygens (including phenoxy) is 1. The van der Waals surface area contributed by atoms with Crippen LogP contribution in [-0.2, 0) is 4.74 Å². The Labute approximate surface area is 113 Å². The van der Waals surface area contributed by atoms with Crippen molar-refractivity contribution in [1.29, 1.82) is 0 Å². The first-order chi connectivity index (χ1) is 9.11. The van der Waals surface area contributed by atoms with Crippen LogP contribution in [0.4, 0.5) is 0 Å². The van der Waals surface area contributed by atoms with E-state index in [0.29, 0.717) is 5.76 Å². The van der Waals surface area contributed by atoms with Crippen LogP contribution in [0.25, 0.3) is 0 Å². The summed E-state index contributed by atoms with van der Waals surface area (Å²) < 4.78 is 11.1.